The van der Waals surface area contributed by atoms with E-state index in [1.807, 2.05) is 26.8 Å². The Balaban J connectivity index is 1.68. The van der Waals surface area contributed by atoms with Crippen molar-refractivity contribution in [1.29, 1.82) is 0 Å². The average Bonchev–Trinajstić information content (AvgIpc) is 3.50. The predicted molar refractivity (Wildman–Crippen MR) is 132 cm³/mol. The SMILES string of the molecule is Cc1ccc(-c2cnc([C@H](C)NC(=O)[C@H](CC(=O)N3CCCC3)NC(=O)CCC(C)C)[nH]2)c(F)c1. The van der Waals surface area contributed by atoms with Gasteiger partial charge in [0.2, 0.25) is 17.7 Å². The molecule has 9 heteroatoms. The van der Waals surface area contributed by atoms with E-state index in [1.165, 1.54) is 12.3 Å². The number of amides is 3. The second-order valence-electron chi connectivity index (χ2n) is 9.74. The van der Waals surface area contributed by atoms with Gasteiger partial charge in [-0.3, -0.25) is 14.4 Å². The molecular formula is C26H36FN5O3. The third kappa shape index (κ3) is 7.37. The number of benzene rings is 1. The molecule has 2 heterocycles. The fourth-order valence-electron chi connectivity index (χ4n) is 4.08. The van der Waals surface area contributed by atoms with E-state index in [4.69, 9.17) is 0 Å². The summed E-state index contributed by atoms with van der Waals surface area (Å²) < 4.78 is 14.4. The molecule has 1 aromatic heterocycles. The zero-order valence-electron chi connectivity index (χ0n) is 21.0. The van der Waals surface area contributed by atoms with Gasteiger partial charge in [0.15, 0.2) is 0 Å². The lowest BCUT2D eigenvalue weighted by molar-refractivity contribution is -0.136. The summed E-state index contributed by atoms with van der Waals surface area (Å²) >= 11 is 0. The summed E-state index contributed by atoms with van der Waals surface area (Å²) in [7, 11) is 0. The van der Waals surface area contributed by atoms with E-state index in [9.17, 15) is 18.8 Å². The van der Waals surface area contributed by atoms with Crippen LogP contribution in [0.25, 0.3) is 11.3 Å². The van der Waals surface area contributed by atoms with Gasteiger partial charge in [0, 0.05) is 25.1 Å². The number of imidazole rings is 1. The number of nitrogens with one attached hydrogen (secondary N) is 3. The van der Waals surface area contributed by atoms with Crippen LogP contribution in [0, 0.1) is 18.7 Å². The molecule has 1 aromatic carbocycles. The van der Waals surface area contributed by atoms with Crippen molar-refractivity contribution in [3.05, 3.63) is 41.6 Å². The highest BCUT2D eigenvalue weighted by molar-refractivity contribution is 5.92. The Morgan fingerprint density at radius 3 is 2.51 bits per heavy atom. The monoisotopic (exact) mass is 485 g/mol. The number of aromatic amines is 1. The maximum Gasteiger partial charge on any atom is 0.243 e. The first-order chi connectivity index (χ1) is 16.6. The lowest BCUT2D eigenvalue weighted by Gasteiger charge is -2.23. The van der Waals surface area contributed by atoms with Gasteiger partial charge in [0.25, 0.3) is 0 Å². The van der Waals surface area contributed by atoms with Gasteiger partial charge in [-0.05, 0) is 56.7 Å². The number of carbonyl (C=O) groups excluding carboxylic acids is 3. The first kappa shape index (κ1) is 26.4. The van der Waals surface area contributed by atoms with E-state index >= 15 is 0 Å². The minimum Gasteiger partial charge on any atom is -0.345 e. The Bertz CT molecular complexity index is 1050. The standard InChI is InChI=1S/C26H36FN5O3/c1-16(2)7-10-23(33)30-21(14-24(34)32-11-5-6-12-32)26(35)29-18(4)25-28-15-22(31-25)19-9-8-17(3)13-20(19)27/h8-9,13,15-16,18,21H,5-7,10-12,14H2,1-4H3,(H,28,31)(H,29,35)(H,30,33)/t18-,21-/m0/s1. The highest BCUT2D eigenvalue weighted by Crippen LogP contribution is 2.23. The van der Waals surface area contributed by atoms with Crippen LogP contribution in [-0.4, -0.2) is 51.7 Å². The van der Waals surface area contributed by atoms with Crippen molar-refractivity contribution in [2.24, 2.45) is 5.92 Å². The Labute approximate surface area is 206 Å². The number of nitrogens with zero attached hydrogens (tertiary/aromatic N) is 2. The van der Waals surface area contributed by atoms with Gasteiger partial charge in [-0.2, -0.15) is 0 Å². The van der Waals surface area contributed by atoms with Crippen LogP contribution < -0.4 is 10.6 Å². The lowest BCUT2D eigenvalue weighted by Crippen LogP contribution is -2.50. The molecule has 3 amide bonds. The Morgan fingerprint density at radius 2 is 1.86 bits per heavy atom. The van der Waals surface area contributed by atoms with E-state index in [2.05, 4.69) is 20.6 Å². The van der Waals surface area contributed by atoms with Crippen molar-refractivity contribution in [2.45, 2.75) is 71.9 Å². The Morgan fingerprint density at radius 1 is 1.14 bits per heavy atom. The molecule has 1 aliphatic rings. The van der Waals surface area contributed by atoms with Gasteiger partial charge in [0.1, 0.15) is 17.7 Å². The molecule has 3 N–H and O–H groups in total. The van der Waals surface area contributed by atoms with Crippen LogP contribution in [0.5, 0.6) is 0 Å². The predicted octanol–water partition coefficient (Wildman–Crippen LogP) is 3.63. The Hall–Kier alpha value is -3.23. The van der Waals surface area contributed by atoms with Crippen LogP contribution in [0.2, 0.25) is 0 Å². The molecule has 2 aromatic rings. The van der Waals surface area contributed by atoms with Crippen LogP contribution in [0.3, 0.4) is 0 Å². The van der Waals surface area contributed by atoms with Crippen molar-refractivity contribution >= 4 is 17.7 Å². The van der Waals surface area contributed by atoms with Crippen LogP contribution >= 0.6 is 0 Å². The number of halogens is 1. The van der Waals surface area contributed by atoms with E-state index in [-0.39, 0.29) is 24.1 Å². The number of likely N-dealkylation sites (tertiary alicyclic amines) is 1. The van der Waals surface area contributed by atoms with Gasteiger partial charge in [-0.1, -0.05) is 19.9 Å². The zero-order chi connectivity index (χ0) is 25.5. The summed E-state index contributed by atoms with van der Waals surface area (Å²) in [5.74, 6) is -0.413. The zero-order valence-corrected chi connectivity index (χ0v) is 21.0. The van der Waals surface area contributed by atoms with Crippen LogP contribution in [0.15, 0.2) is 24.4 Å². The molecule has 190 valence electrons. The number of carbonyl (C=O) groups is 3. The third-order valence-electron chi connectivity index (χ3n) is 6.22. The molecule has 0 radical (unpaired) electrons. The van der Waals surface area contributed by atoms with E-state index in [0.29, 0.717) is 48.9 Å². The van der Waals surface area contributed by atoms with Crippen molar-refractivity contribution in [2.75, 3.05) is 13.1 Å². The molecule has 0 unspecified atom stereocenters. The normalized spacial score (nSPS) is 15.2. The highest BCUT2D eigenvalue weighted by Gasteiger charge is 2.29. The van der Waals surface area contributed by atoms with Gasteiger partial charge in [0.05, 0.1) is 24.4 Å². The van der Waals surface area contributed by atoms with Crippen molar-refractivity contribution < 1.29 is 18.8 Å². The molecule has 3 rings (SSSR count). The van der Waals surface area contributed by atoms with Crippen LogP contribution in [0.4, 0.5) is 4.39 Å². The maximum atomic E-state index is 14.4. The second kappa shape index (κ2) is 12.0. The molecular weight excluding hydrogens is 449 g/mol. The Kier molecular flexibility index (Phi) is 9.01. The first-order valence-electron chi connectivity index (χ1n) is 12.3. The third-order valence-corrected chi connectivity index (χ3v) is 6.22. The number of rotatable bonds is 10. The summed E-state index contributed by atoms with van der Waals surface area (Å²) in [4.78, 5) is 47.4. The number of hydrogen-bond acceptors (Lipinski definition) is 4. The minimum absolute atomic E-state index is 0.0933. The maximum absolute atomic E-state index is 14.4. The number of aromatic nitrogens is 2. The summed E-state index contributed by atoms with van der Waals surface area (Å²) in [5.41, 5.74) is 1.71. The van der Waals surface area contributed by atoms with E-state index in [0.717, 1.165) is 18.4 Å². The number of hydrogen-bond donors (Lipinski definition) is 3. The van der Waals surface area contributed by atoms with Crippen LogP contribution in [0.1, 0.15) is 70.3 Å². The molecule has 35 heavy (non-hydrogen) atoms. The molecule has 0 aliphatic carbocycles. The summed E-state index contributed by atoms with van der Waals surface area (Å²) in [6.07, 6.45) is 4.31. The lowest BCUT2D eigenvalue weighted by atomic mass is 10.1. The van der Waals surface area contributed by atoms with Gasteiger partial charge in [-0.25, -0.2) is 9.37 Å². The quantitative estimate of drug-likeness (QED) is 0.478. The molecule has 0 saturated carbocycles. The first-order valence-corrected chi connectivity index (χ1v) is 12.3. The average molecular weight is 486 g/mol. The molecule has 1 saturated heterocycles. The van der Waals surface area contributed by atoms with Crippen molar-refractivity contribution in [3.63, 3.8) is 0 Å². The fraction of sp³-hybridized carbons (Fsp3) is 0.538. The van der Waals surface area contributed by atoms with Gasteiger partial charge in [-0.15, -0.1) is 0 Å². The van der Waals surface area contributed by atoms with Gasteiger partial charge >= 0.3 is 0 Å². The molecule has 0 spiro atoms. The minimum atomic E-state index is -0.978. The van der Waals surface area contributed by atoms with Crippen molar-refractivity contribution in [3.8, 4) is 11.3 Å². The summed E-state index contributed by atoms with van der Waals surface area (Å²) in [6, 6.07) is 3.42. The number of H-pyrrole nitrogens is 1. The van der Waals surface area contributed by atoms with Crippen molar-refractivity contribution in [1.82, 2.24) is 25.5 Å². The van der Waals surface area contributed by atoms with Crippen LogP contribution in [-0.2, 0) is 14.4 Å². The molecule has 8 nitrogen and oxygen atoms in total. The molecule has 2 atom stereocenters. The highest BCUT2D eigenvalue weighted by atomic mass is 19.1. The fourth-order valence-corrected chi connectivity index (χ4v) is 4.08. The summed E-state index contributed by atoms with van der Waals surface area (Å²) in [6.45, 7) is 8.96. The smallest absolute Gasteiger partial charge is 0.243 e. The van der Waals surface area contributed by atoms with E-state index < -0.39 is 18.0 Å². The van der Waals surface area contributed by atoms with E-state index in [1.54, 1.807) is 17.9 Å². The largest absolute Gasteiger partial charge is 0.345 e. The second-order valence-corrected chi connectivity index (χ2v) is 9.74. The van der Waals surface area contributed by atoms with Gasteiger partial charge < -0.3 is 20.5 Å². The topological polar surface area (TPSA) is 107 Å². The molecule has 0 bridgehead atoms. The molecule has 1 aliphatic heterocycles. The molecule has 1 fully saturated rings. The number of aryl methyl sites for hydroxylation is 1. The summed E-state index contributed by atoms with van der Waals surface area (Å²) in [5, 5.41) is 5.59.